The van der Waals surface area contributed by atoms with Gasteiger partial charge in [0.15, 0.2) is 5.76 Å². The van der Waals surface area contributed by atoms with Crippen LogP contribution in [0.25, 0.3) is 16.3 Å². The second kappa shape index (κ2) is 18.0. The molecule has 302 valence electrons. The van der Waals surface area contributed by atoms with Gasteiger partial charge in [0.2, 0.25) is 21.9 Å². The molecule has 2 N–H and O–H groups in total. The number of rotatable bonds is 16. The minimum Gasteiger partial charge on any atom is -0.496 e. The predicted molar refractivity (Wildman–Crippen MR) is 223 cm³/mol. The van der Waals surface area contributed by atoms with Crippen molar-refractivity contribution < 1.29 is 37.4 Å². The lowest BCUT2D eigenvalue weighted by molar-refractivity contribution is -0.114. The van der Waals surface area contributed by atoms with E-state index in [0.29, 0.717) is 22.9 Å². The minimum atomic E-state index is -3.08. The molecule has 0 saturated carbocycles. The van der Waals surface area contributed by atoms with E-state index >= 15 is 0 Å². The van der Waals surface area contributed by atoms with Crippen LogP contribution in [0.3, 0.4) is 0 Å². The van der Waals surface area contributed by atoms with Crippen molar-refractivity contribution in [1.82, 2.24) is 20.0 Å². The van der Waals surface area contributed by atoms with E-state index in [1.165, 1.54) is 38.1 Å². The minimum absolute atomic E-state index is 0.0755. The fourth-order valence-electron chi connectivity index (χ4n) is 6.69. The van der Waals surface area contributed by atoms with Crippen LogP contribution in [-0.2, 0) is 14.0 Å². The molecule has 2 amide bonds. The Balaban J connectivity index is 1.38. The molecule has 3 aromatic heterocycles. The molecule has 0 aliphatic heterocycles. The average Bonchev–Trinajstić information content (AvgIpc) is 3.87. The fraction of sp³-hybridized carbons (Fsp3) is 0.268. The topological polar surface area (TPSA) is 178 Å². The van der Waals surface area contributed by atoms with Gasteiger partial charge in [-0.2, -0.15) is 9.78 Å². The lowest BCUT2D eigenvalue weighted by Gasteiger charge is -2.45. The van der Waals surface area contributed by atoms with Gasteiger partial charge in [0.25, 0.3) is 14.2 Å². The van der Waals surface area contributed by atoms with Crippen molar-refractivity contribution in [3.05, 3.63) is 113 Å². The number of methoxy groups -OCH3 is 3. The maximum Gasteiger partial charge on any atom is 0.379 e. The normalized spacial score (nSPS) is 12.1. The van der Waals surface area contributed by atoms with Crippen LogP contribution in [-0.4, -0.2) is 80.8 Å². The highest BCUT2D eigenvalue weighted by Crippen LogP contribution is 2.43. The second-order valence-electron chi connectivity index (χ2n) is 14.0. The van der Waals surface area contributed by atoms with Crippen molar-refractivity contribution in [2.75, 3.05) is 45.2 Å². The van der Waals surface area contributed by atoms with Crippen LogP contribution in [0.4, 0.5) is 10.9 Å². The number of amides is 2. The predicted octanol–water partition coefficient (Wildman–Crippen LogP) is 5.54. The highest BCUT2D eigenvalue weighted by Gasteiger charge is 2.51. The summed E-state index contributed by atoms with van der Waals surface area (Å²) in [6.45, 7) is 7.87. The van der Waals surface area contributed by atoms with Crippen molar-refractivity contribution in [3.63, 3.8) is 0 Å². The third-order valence-electron chi connectivity index (χ3n) is 9.12. The number of nitrogens with zero attached hydrogens (tertiary/aromatic N) is 4. The molecule has 3 heterocycles. The summed E-state index contributed by atoms with van der Waals surface area (Å²) >= 11 is 0.982. The number of hydrogen-bond acceptors (Lipinski definition) is 13. The third kappa shape index (κ3) is 8.72. The molecule has 6 rings (SSSR count). The zero-order valence-electron chi connectivity index (χ0n) is 33.1. The van der Waals surface area contributed by atoms with Crippen LogP contribution in [0, 0.1) is 0 Å². The zero-order chi connectivity index (χ0) is 41.5. The van der Waals surface area contributed by atoms with Gasteiger partial charge in [-0.3, -0.25) is 14.9 Å². The lowest BCUT2D eigenvalue weighted by Crippen LogP contribution is -2.68. The summed E-state index contributed by atoms with van der Waals surface area (Å²) < 4.78 is 37.8. The van der Waals surface area contributed by atoms with Gasteiger partial charge < -0.3 is 33.1 Å². The van der Waals surface area contributed by atoms with Crippen molar-refractivity contribution in [2.45, 2.75) is 38.8 Å². The quantitative estimate of drug-likeness (QED) is 0.117. The van der Waals surface area contributed by atoms with Gasteiger partial charge in [0.05, 0.1) is 32.6 Å². The molecule has 1 atom stereocenters. The van der Waals surface area contributed by atoms with E-state index in [1.807, 2.05) is 36.4 Å². The number of carbonyl (C=O) groups excluding carboxylic acids is 2. The van der Waals surface area contributed by atoms with Gasteiger partial charge in [0.1, 0.15) is 30.0 Å². The number of hydrogen-bond donors (Lipinski definition) is 2. The summed E-state index contributed by atoms with van der Waals surface area (Å²) in [5.41, 5.74) is -0.415. The number of anilines is 2. The van der Waals surface area contributed by atoms with Gasteiger partial charge in [0, 0.05) is 25.7 Å². The Morgan fingerprint density at radius 1 is 0.862 bits per heavy atom. The number of nitrogens with one attached hydrogen (secondary N) is 2. The van der Waals surface area contributed by atoms with E-state index in [2.05, 4.69) is 71.0 Å². The summed E-state index contributed by atoms with van der Waals surface area (Å²) in [5, 5.41) is 19.7. The van der Waals surface area contributed by atoms with Gasteiger partial charge in [-0.1, -0.05) is 98.8 Å². The molecular weight excluding hydrogens is 781 g/mol. The Morgan fingerprint density at radius 2 is 1.50 bits per heavy atom. The monoisotopic (exact) mass is 824 g/mol. The second-order valence-corrected chi connectivity index (χ2v) is 19.2. The van der Waals surface area contributed by atoms with Gasteiger partial charge in [-0.05, 0) is 33.6 Å². The molecule has 1 unspecified atom stereocenters. The Morgan fingerprint density at radius 3 is 2.07 bits per heavy atom. The maximum atomic E-state index is 14.0. The Kier molecular flexibility index (Phi) is 12.9. The molecule has 6 aromatic rings. The van der Waals surface area contributed by atoms with Crippen molar-refractivity contribution in [3.8, 4) is 33.5 Å². The molecule has 3 aromatic carbocycles. The smallest absolute Gasteiger partial charge is 0.379 e. The standard InChI is InChI=1S/C41H44N6O9SSi/c1-26(48)43-34-21-22-42-47(34)40-46-45-39(57-40)44-37(49)33-23-30(35-31(52-6)19-14-20-32(35)53-7)36(38(50)55-33)54-25-27(24-51-5)56-58(41(2,3)4,28-15-10-8-11-16-28)29-17-12-9-13-18-29/h8-23,27H,24-25H2,1-7H3,(H,43,48)(H,44,45,49). The van der Waals surface area contributed by atoms with Crippen molar-refractivity contribution in [1.29, 1.82) is 0 Å². The Bertz CT molecular complexity index is 2350. The number of aromatic nitrogens is 4. The first-order valence-electron chi connectivity index (χ1n) is 18.2. The first-order chi connectivity index (χ1) is 27.9. The summed E-state index contributed by atoms with van der Waals surface area (Å²) in [4.78, 5) is 39.4. The largest absolute Gasteiger partial charge is 0.496 e. The first kappa shape index (κ1) is 41.5. The third-order valence-corrected chi connectivity index (χ3v) is 15.0. The summed E-state index contributed by atoms with van der Waals surface area (Å²) in [7, 11) is 1.45. The van der Waals surface area contributed by atoms with E-state index in [0.717, 1.165) is 21.7 Å². The van der Waals surface area contributed by atoms with E-state index < -0.39 is 26.0 Å². The molecule has 58 heavy (non-hydrogen) atoms. The molecular formula is C41H44N6O9SSi. The fourth-order valence-corrected chi connectivity index (χ4v) is 12.1. The Hall–Kier alpha value is -6.14. The molecule has 0 aliphatic carbocycles. The Labute approximate surface area is 340 Å². The molecule has 0 aliphatic rings. The van der Waals surface area contributed by atoms with E-state index in [9.17, 15) is 14.4 Å². The summed E-state index contributed by atoms with van der Waals surface area (Å²) in [6, 6.07) is 28.4. The van der Waals surface area contributed by atoms with E-state index in [1.54, 1.807) is 31.4 Å². The van der Waals surface area contributed by atoms with Crippen LogP contribution in [0.15, 0.2) is 106 Å². The van der Waals surface area contributed by atoms with Crippen LogP contribution >= 0.6 is 11.3 Å². The van der Waals surface area contributed by atoms with Crippen molar-refractivity contribution in [2.24, 2.45) is 0 Å². The van der Waals surface area contributed by atoms with Gasteiger partial charge in [-0.15, -0.1) is 10.2 Å². The molecule has 15 nitrogen and oxygen atoms in total. The number of ether oxygens (including phenoxy) is 4. The summed E-state index contributed by atoms with van der Waals surface area (Å²) in [6.07, 6.45) is 0.814. The molecule has 0 bridgehead atoms. The highest BCUT2D eigenvalue weighted by atomic mass is 32.1. The molecule has 0 saturated heterocycles. The SMILES string of the molecule is COCC(COc1c(-c2c(OC)cccc2OC)cc(C(=O)Nc2nnc(-n3nccc3NC(C)=O)s2)oc1=O)O[Si](c1ccccc1)(c1ccccc1)C(C)(C)C. The van der Waals surface area contributed by atoms with Crippen molar-refractivity contribution >= 4 is 52.8 Å². The highest BCUT2D eigenvalue weighted by molar-refractivity contribution is 7.17. The molecule has 0 radical (unpaired) electrons. The van der Waals surface area contributed by atoms with Crippen LogP contribution in [0.5, 0.6) is 17.2 Å². The number of benzene rings is 3. The van der Waals surface area contributed by atoms with Crippen LogP contribution in [0.2, 0.25) is 5.04 Å². The van der Waals surface area contributed by atoms with E-state index in [-0.39, 0.29) is 51.5 Å². The van der Waals surface area contributed by atoms with E-state index in [4.69, 9.17) is 27.8 Å². The number of carbonyl (C=O) groups is 2. The van der Waals surface area contributed by atoms with Gasteiger partial charge >= 0.3 is 5.63 Å². The van der Waals surface area contributed by atoms with Gasteiger partial charge in [-0.25, -0.2) is 4.79 Å². The lowest BCUT2D eigenvalue weighted by atomic mass is 10.0. The maximum absolute atomic E-state index is 14.0. The molecule has 17 heteroatoms. The van der Waals surface area contributed by atoms with Crippen LogP contribution < -0.4 is 40.8 Å². The van der Waals surface area contributed by atoms with Crippen LogP contribution in [0.1, 0.15) is 38.2 Å². The summed E-state index contributed by atoms with van der Waals surface area (Å²) in [5.74, 6) is -0.589. The molecule has 0 spiro atoms. The molecule has 0 fully saturated rings. The zero-order valence-corrected chi connectivity index (χ0v) is 34.9. The first-order valence-corrected chi connectivity index (χ1v) is 20.9. The average molecular weight is 825 g/mol.